The highest BCUT2D eigenvalue weighted by atomic mass is 19.1. The van der Waals surface area contributed by atoms with E-state index in [1.807, 2.05) is 0 Å². The lowest BCUT2D eigenvalue weighted by Gasteiger charge is -2.12. The quantitative estimate of drug-likeness (QED) is 0.494. The van der Waals surface area contributed by atoms with Crippen LogP contribution in [0.5, 0.6) is 0 Å². The summed E-state index contributed by atoms with van der Waals surface area (Å²) in [6, 6.07) is 0. The fourth-order valence-corrected chi connectivity index (χ4v) is 0.729. The molecule has 0 aromatic carbocycles. The Morgan fingerprint density at radius 1 is 1.89 bits per heavy atom. The van der Waals surface area contributed by atoms with Gasteiger partial charge in [0, 0.05) is 0 Å². The number of halogens is 1. The van der Waals surface area contributed by atoms with Crippen LogP contribution in [-0.2, 0) is 4.74 Å². The van der Waals surface area contributed by atoms with Crippen LogP contribution in [0.4, 0.5) is 9.18 Å². The molecule has 1 heterocycles. The predicted molar refractivity (Wildman–Crippen MR) is 28.6 cm³/mol. The van der Waals surface area contributed by atoms with Gasteiger partial charge in [-0.3, -0.25) is 4.90 Å². The molecule has 1 rings (SSSR count). The van der Waals surface area contributed by atoms with Crippen molar-refractivity contribution in [1.82, 2.24) is 4.90 Å². The molecule has 1 aliphatic rings. The van der Waals surface area contributed by atoms with Crippen LogP contribution in [-0.4, -0.2) is 30.4 Å². The number of ether oxygens (including phenoxy) is 1. The molecule has 3 nitrogen and oxygen atoms in total. The second kappa shape index (κ2) is 2.21. The average Bonchev–Trinajstić information content (AvgIpc) is 2.13. The number of carbonyl (C=O) groups is 1. The molecular formula is C5H8FNO2. The van der Waals surface area contributed by atoms with Crippen molar-refractivity contribution in [3.05, 3.63) is 0 Å². The van der Waals surface area contributed by atoms with Crippen molar-refractivity contribution in [1.29, 1.82) is 0 Å². The first-order valence-electron chi connectivity index (χ1n) is 2.79. The van der Waals surface area contributed by atoms with E-state index < -0.39 is 12.4 Å². The van der Waals surface area contributed by atoms with Crippen LogP contribution in [0.15, 0.2) is 0 Å². The number of hydrogen-bond donors (Lipinski definition) is 0. The summed E-state index contributed by atoms with van der Waals surface area (Å²) in [6.45, 7) is 2.00. The molecule has 0 unspecified atom stereocenters. The minimum Gasteiger partial charge on any atom is -0.447 e. The highest BCUT2D eigenvalue weighted by Crippen LogP contribution is 2.08. The van der Waals surface area contributed by atoms with Gasteiger partial charge in [0.25, 0.3) is 0 Å². The Balaban J connectivity index is 2.49. The molecule has 1 fully saturated rings. The topological polar surface area (TPSA) is 29.5 Å². The van der Waals surface area contributed by atoms with Crippen molar-refractivity contribution < 1.29 is 13.9 Å². The Morgan fingerprint density at radius 3 is 2.78 bits per heavy atom. The normalized spacial score (nSPS) is 22.0. The number of alkyl halides is 1. The van der Waals surface area contributed by atoms with Gasteiger partial charge in [0.05, 0.1) is 6.54 Å². The van der Waals surface area contributed by atoms with E-state index in [1.165, 1.54) is 6.92 Å². The van der Waals surface area contributed by atoms with Crippen molar-refractivity contribution in [3.63, 3.8) is 0 Å². The molecule has 4 heteroatoms. The summed E-state index contributed by atoms with van der Waals surface area (Å²) < 4.78 is 16.8. The minimum atomic E-state index is -1.22. The van der Waals surface area contributed by atoms with Crippen molar-refractivity contribution in [2.24, 2.45) is 0 Å². The Bertz CT molecular complexity index is 126. The van der Waals surface area contributed by atoms with Crippen molar-refractivity contribution in [2.75, 3.05) is 13.2 Å². The third-order valence-electron chi connectivity index (χ3n) is 1.22. The number of carbonyl (C=O) groups excluding carboxylic acids is 1. The summed E-state index contributed by atoms with van der Waals surface area (Å²) in [5.74, 6) is 0. The maximum atomic E-state index is 12.3. The summed E-state index contributed by atoms with van der Waals surface area (Å²) >= 11 is 0. The van der Waals surface area contributed by atoms with Crippen LogP contribution < -0.4 is 0 Å². The molecule has 1 atom stereocenters. The van der Waals surface area contributed by atoms with Crippen molar-refractivity contribution in [3.8, 4) is 0 Å². The van der Waals surface area contributed by atoms with Crippen LogP contribution in [0.2, 0.25) is 0 Å². The Labute approximate surface area is 52.4 Å². The molecule has 1 saturated heterocycles. The molecule has 1 amide bonds. The van der Waals surface area contributed by atoms with E-state index in [0.717, 1.165) is 4.90 Å². The lowest BCUT2D eigenvalue weighted by molar-refractivity contribution is 0.115. The maximum absolute atomic E-state index is 12.3. The van der Waals surface area contributed by atoms with Gasteiger partial charge >= 0.3 is 6.09 Å². The average molecular weight is 133 g/mol. The summed E-state index contributed by atoms with van der Waals surface area (Å²) in [4.78, 5) is 11.5. The van der Waals surface area contributed by atoms with Gasteiger partial charge in [0.1, 0.15) is 6.61 Å². The van der Waals surface area contributed by atoms with E-state index in [2.05, 4.69) is 4.74 Å². The van der Waals surface area contributed by atoms with Gasteiger partial charge in [-0.2, -0.15) is 0 Å². The smallest absolute Gasteiger partial charge is 0.412 e. The molecule has 0 aromatic heterocycles. The van der Waals surface area contributed by atoms with Crippen molar-refractivity contribution >= 4 is 6.09 Å². The Kier molecular flexibility index (Phi) is 1.55. The first-order valence-corrected chi connectivity index (χ1v) is 2.79. The summed E-state index contributed by atoms with van der Waals surface area (Å²) in [7, 11) is 0. The highest BCUT2D eigenvalue weighted by Gasteiger charge is 2.26. The van der Waals surface area contributed by atoms with Gasteiger partial charge in [-0.15, -0.1) is 0 Å². The minimum absolute atomic E-state index is 0.313. The molecule has 0 bridgehead atoms. The lowest BCUT2D eigenvalue weighted by atomic mass is 10.5. The predicted octanol–water partition coefficient (Wildman–Crippen LogP) is 0.754. The fourth-order valence-electron chi connectivity index (χ4n) is 0.729. The fraction of sp³-hybridized carbons (Fsp3) is 0.800. The van der Waals surface area contributed by atoms with Crippen LogP contribution in [0.25, 0.3) is 0 Å². The van der Waals surface area contributed by atoms with Crippen LogP contribution >= 0.6 is 0 Å². The van der Waals surface area contributed by atoms with E-state index in [0.29, 0.717) is 13.2 Å². The van der Waals surface area contributed by atoms with Gasteiger partial charge in [0.2, 0.25) is 0 Å². The van der Waals surface area contributed by atoms with E-state index in [4.69, 9.17) is 0 Å². The first-order chi connectivity index (χ1) is 4.22. The third kappa shape index (κ3) is 1.12. The molecule has 0 N–H and O–H groups in total. The number of amides is 1. The Hall–Kier alpha value is -0.800. The van der Waals surface area contributed by atoms with Gasteiger partial charge < -0.3 is 4.74 Å². The van der Waals surface area contributed by atoms with Crippen LogP contribution in [0.1, 0.15) is 6.92 Å². The van der Waals surface area contributed by atoms with Gasteiger partial charge in [-0.1, -0.05) is 0 Å². The number of hydrogen-bond acceptors (Lipinski definition) is 2. The van der Waals surface area contributed by atoms with Crippen molar-refractivity contribution in [2.45, 2.75) is 13.2 Å². The lowest BCUT2D eigenvalue weighted by Crippen LogP contribution is -2.30. The number of nitrogens with zero attached hydrogens (tertiary/aromatic N) is 1. The first kappa shape index (κ1) is 6.32. The molecule has 0 aromatic rings. The molecule has 0 aliphatic carbocycles. The van der Waals surface area contributed by atoms with E-state index in [9.17, 15) is 9.18 Å². The summed E-state index contributed by atoms with van der Waals surface area (Å²) in [6.07, 6.45) is -1.77. The van der Waals surface area contributed by atoms with E-state index in [1.54, 1.807) is 0 Å². The maximum Gasteiger partial charge on any atom is 0.412 e. The monoisotopic (exact) mass is 133 g/mol. The zero-order valence-corrected chi connectivity index (χ0v) is 5.13. The van der Waals surface area contributed by atoms with Crippen LogP contribution in [0, 0.1) is 0 Å². The zero-order valence-electron chi connectivity index (χ0n) is 5.13. The molecule has 0 radical (unpaired) electrons. The molecule has 1 aliphatic heterocycles. The Morgan fingerprint density at radius 2 is 2.56 bits per heavy atom. The zero-order chi connectivity index (χ0) is 6.85. The highest BCUT2D eigenvalue weighted by molar-refractivity contribution is 5.69. The SMILES string of the molecule is C[C@H](F)N1CCOC1=O. The summed E-state index contributed by atoms with van der Waals surface area (Å²) in [5.41, 5.74) is 0. The molecular weight excluding hydrogens is 125 g/mol. The second-order valence-electron chi connectivity index (χ2n) is 1.88. The molecule has 0 spiro atoms. The largest absolute Gasteiger partial charge is 0.447 e. The van der Waals surface area contributed by atoms with Gasteiger partial charge in [0.15, 0.2) is 6.30 Å². The standard InChI is InChI=1S/C5H8FNO2/c1-4(6)7-2-3-9-5(7)8/h4H,2-3H2,1H3/t4-/m1/s1. The van der Waals surface area contributed by atoms with E-state index in [-0.39, 0.29) is 0 Å². The summed E-state index contributed by atoms with van der Waals surface area (Å²) in [5, 5.41) is 0. The molecule has 9 heavy (non-hydrogen) atoms. The second-order valence-corrected chi connectivity index (χ2v) is 1.88. The molecule has 52 valence electrons. The number of rotatable bonds is 1. The van der Waals surface area contributed by atoms with Crippen LogP contribution in [0.3, 0.4) is 0 Å². The van der Waals surface area contributed by atoms with Gasteiger partial charge in [-0.25, -0.2) is 9.18 Å². The number of cyclic esters (lactones) is 1. The van der Waals surface area contributed by atoms with Gasteiger partial charge in [-0.05, 0) is 6.92 Å². The van der Waals surface area contributed by atoms with E-state index >= 15 is 0 Å². The molecule has 0 saturated carbocycles. The third-order valence-corrected chi connectivity index (χ3v) is 1.22.